The summed E-state index contributed by atoms with van der Waals surface area (Å²) < 4.78 is 4.08. The van der Waals surface area contributed by atoms with Crippen molar-refractivity contribution in [3.63, 3.8) is 0 Å². The molecule has 3 nitrogen and oxygen atoms in total. The molecule has 1 heterocycles. The average molecular weight is 108 g/mol. The molecule has 1 aliphatic rings. The van der Waals surface area contributed by atoms with Gasteiger partial charge in [-0.25, -0.2) is 0 Å². The quantitative estimate of drug-likeness (QED) is 0.232. The zero-order valence-corrected chi connectivity index (χ0v) is 3.64. The molecule has 0 saturated carbocycles. The monoisotopic (exact) mass is 108 g/mol. The van der Waals surface area contributed by atoms with Gasteiger partial charge >= 0.3 is 30.8 Å². The summed E-state index contributed by atoms with van der Waals surface area (Å²) >= 11 is 0. The van der Waals surface area contributed by atoms with Crippen molar-refractivity contribution in [3.05, 3.63) is 0 Å². The standard InChI is InChI=1S/C4H4O3.Li.H/c5-3-1-2-4(6)7-3;;/h1-2H2;;. The molecule has 0 aromatic rings. The maximum atomic E-state index is 10.0. The van der Waals surface area contributed by atoms with Crippen LogP contribution in [0.15, 0.2) is 0 Å². The molecule has 0 aliphatic carbocycles. The number of esters is 2. The molecule has 0 spiro atoms. The number of rotatable bonds is 0. The Hall–Kier alpha value is -0.263. The Morgan fingerprint density at radius 1 is 1.12 bits per heavy atom. The van der Waals surface area contributed by atoms with Gasteiger partial charge < -0.3 is 4.74 Å². The molecule has 0 unspecified atom stereocenters. The van der Waals surface area contributed by atoms with E-state index in [1.54, 1.807) is 0 Å². The van der Waals surface area contributed by atoms with E-state index in [4.69, 9.17) is 0 Å². The first kappa shape index (κ1) is 7.74. The number of ether oxygens (including phenoxy) is 1. The molecule has 8 heavy (non-hydrogen) atoms. The summed E-state index contributed by atoms with van der Waals surface area (Å²) in [6, 6.07) is 0. The van der Waals surface area contributed by atoms with Crippen LogP contribution in [0, 0.1) is 0 Å². The molecular formula is C4H5LiO3. The fourth-order valence-electron chi connectivity index (χ4n) is 0.433. The summed E-state index contributed by atoms with van der Waals surface area (Å²) in [4.78, 5) is 20.0. The molecule has 0 N–H and O–H groups in total. The SMILES string of the molecule is O=C1CCC(=O)O1.[LiH]. The molecule has 0 aromatic carbocycles. The van der Waals surface area contributed by atoms with Crippen LogP contribution < -0.4 is 0 Å². The van der Waals surface area contributed by atoms with E-state index in [0.29, 0.717) is 0 Å². The van der Waals surface area contributed by atoms with Gasteiger partial charge in [0.15, 0.2) is 0 Å². The van der Waals surface area contributed by atoms with E-state index in [1.807, 2.05) is 0 Å². The summed E-state index contributed by atoms with van der Waals surface area (Å²) in [6.07, 6.45) is 0.525. The molecule has 0 atom stereocenters. The van der Waals surface area contributed by atoms with Crippen LogP contribution in [-0.4, -0.2) is 30.8 Å². The van der Waals surface area contributed by atoms with Gasteiger partial charge in [0, 0.05) is 0 Å². The first-order chi connectivity index (χ1) is 3.29. The first-order valence-electron chi connectivity index (χ1n) is 2.02. The Morgan fingerprint density at radius 3 is 1.62 bits per heavy atom. The van der Waals surface area contributed by atoms with E-state index >= 15 is 0 Å². The molecule has 1 fully saturated rings. The van der Waals surface area contributed by atoms with Crippen LogP contribution in [0.4, 0.5) is 0 Å². The van der Waals surface area contributed by atoms with Gasteiger partial charge in [0.25, 0.3) is 0 Å². The first-order valence-corrected chi connectivity index (χ1v) is 2.02. The van der Waals surface area contributed by atoms with Crippen LogP contribution in [-0.2, 0) is 14.3 Å². The molecule has 0 bridgehead atoms. The van der Waals surface area contributed by atoms with Crippen LogP contribution in [0.5, 0.6) is 0 Å². The minimum atomic E-state index is -0.398. The Labute approximate surface area is 58.6 Å². The van der Waals surface area contributed by atoms with Crippen molar-refractivity contribution in [3.8, 4) is 0 Å². The average Bonchev–Trinajstić information content (AvgIpc) is 1.87. The van der Waals surface area contributed by atoms with Crippen molar-refractivity contribution in [1.82, 2.24) is 0 Å². The Bertz CT molecular complexity index is 106. The summed E-state index contributed by atoms with van der Waals surface area (Å²) in [5, 5.41) is 0. The van der Waals surface area contributed by atoms with Gasteiger partial charge in [-0.1, -0.05) is 0 Å². The summed E-state index contributed by atoms with van der Waals surface area (Å²) in [6.45, 7) is 0. The fourth-order valence-corrected chi connectivity index (χ4v) is 0.433. The van der Waals surface area contributed by atoms with Crippen LogP contribution in [0.2, 0.25) is 0 Å². The molecule has 0 amide bonds. The van der Waals surface area contributed by atoms with Crippen molar-refractivity contribution < 1.29 is 14.3 Å². The Morgan fingerprint density at radius 2 is 1.50 bits per heavy atom. The van der Waals surface area contributed by atoms with Gasteiger partial charge in [-0.05, 0) is 0 Å². The van der Waals surface area contributed by atoms with Crippen molar-refractivity contribution in [2.45, 2.75) is 12.8 Å². The second-order valence-corrected chi connectivity index (χ2v) is 1.35. The third kappa shape index (κ3) is 1.69. The van der Waals surface area contributed by atoms with Crippen molar-refractivity contribution in [2.24, 2.45) is 0 Å². The Kier molecular flexibility index (Phi) is 2.81. The van der Waals surface area contributed by atoms with Crippen molar-refractivity contribution in [2.75, 3.05) is 0 Å². The molecule has 0 aromatic heterocycles. The maximum absolute atomic E-state index is 10.0. The minimum absolute atomic E-state index is 0. The third-order valence-electron chi connectivity index (χ3n) is 0.761. The van der Waals surface area contributed by atoms with E-state index in [-0.39, 0.29) is 31.7 Å². The van der Waals surface area contributed by atoms with Crippen molar-refractivity contribution in [1.29, 1.82) is 0 Å². The molecular weight excluding hydrogens is 103 g/mol. The van der Waals surface area contributed by atoms with Crippen molar-refractivity contribution >= 4 is 30.8 Å². The molecule has 40 valence electrons. The second kappa shape index (κ2) is 2.91. The number of hydrogen-bond acceptors (Lipinski definition) is 3. The number of carbonyl (C=O) groups is 2. The van der Waals surface area contributed by atoms with Gasteiger partial charge in [-0.15, -0.1) is 0 Å². The van der Waals surface area contributed by atoms with Crippen LogP contribution in [0.25, 0.3) is 0 Å². The van der Waals surface area contributed by atoms with E-state index < -0.39 is 11.9 Å². The van der Waals surface area contributed by atoms with Gasteiger partial charge in [0.2, 0.25) is 0 Å². The predicted molar refractivity (Wildman–Crippen MR) is 27.5 cm³/mol. The molecule has 0 radical (unpaired) electrons. The van der Waals surface area contributed by atoms with E-state index in [9.17, 15) is 9.59 Å². The normalized spacial score (nSPS) is 17.5. The van der Waals surface area contributed by atoms with Gasteiger partial charge in [0.1, 0.15) is 0 Å². The summed E-state index contributed by atoms with van der Waals surface area (Å²) in [7, 11) is 0. The van der Waals surface area contributed by atoms with Gasteiger partial charge in [-0.3, -0.25) is 9.59 Å². The van der Waals surface area contributed by atoms with Crippen LogP contribution in [0.1, 0.15) is 12.8 Å². The topological polar surface area (TPSA) is 43.4 Å². The fraction of sp³-hybridized carbons (Fsp3) is 0.500. The van der Waals surface area contributed by atoms with E-state index in [1.165, 1.54) is 0 Å². The second-order valence-electron chi connectivity index (χ2n) is 1.35. The molecule has 4 heteroatoms. The van der Waals surface area contributed by atoms with Gasteiger partial charge in [0.05, 0.1) is 12.8 Å². The van der Waals surface area contributed by atoms with Crippen LogP contribution in [0.3, 0.4) is 0 Å². The Balaban J connectivity index is 0.000000490. The van der Waals surface area contributed by atoms with E-state index in [2.05, 4.69) is 4.74 Å². The predicted octanol–water partition coefficient (Wildman–Crippen LogP) is -0.799. The van der Waals surface area contributed by atoms with Crippen LogP contribution >= 0.6 is 0 Å². The number of cyclic esters (lactones) is 2. The van der Waals surface area contributed by atoms with Gasteiger partial charge in [-0.2, -0.15) is 0 Å². The number of hydrogen-bond donors (Lipinski definition) is 0. The zero-order valence-electron chi connectivity index (χ0n) is 3.64. The summed E-state index contributed by atoms with van der Waals surface area (Å²) in [5.74, 6) is -0.796. The molecule has 1 aliphatic heterocycles. The number of carbonyl (C=O) groups excluding carboxylic acids is 2. The molecule has 1 saturated heterocycles. The summed E-state index contributed by atoms with van der Waals surface area (Å²) in [5.41, 5.74) is 0. The molecule has 1 rings (SSSR count). The third-order valence-corrected chi connectivity index (χ3v) is 0.761. The zero-order chi connectivity index (χ0) is 5.28. The van der Waals surface area contributed by atoms with E-state index in [0.717, 1.165) is 0 Å².